The predicted molar refractivity (Wildman–Crippen MR) is 49.0 cm³/mol. The van der Waals surface area contributed by atoms with Gasteiger partial charge in [0.25, 0.3) is 0 Å². The SMILES string of the molecule is c1ccc2c(c1)CSSC2. The molecule has 0 radical (unpaired) electrons. The Kier molecular flexibility index (Phi) is 1.91. The van der Waals surface area contributed by atoms with Crippen molar-refractivity contribution in [2.75, 3.05) is 0 Å². The predicted octanol–water partition coefficient (Wildman–Crippen LogP) is 3.08. The zero-order chi connectivity index (χ0) is 6.81. The summed E-state index contributed by atoms with van der Waals surface area (Å²) in [6, 6.07) is 8.69. The zero-order valence-electron chi connectivity index (χ0n) is 5.54. The lowest BCUT2D eigenvalue weighted by Gasteiger charge is -2.12. The molecule has 1 aliphatic rings. The molecule has 1 aliphatic heterocycles. The molecule has 1 aromatic carbocycles. The molecule has 0 bridgehead atoms. The molecule has 0 N–H and O–H groups in total. The molecule has 2 rings (SSSR count). The van der Waals surface area contributed by atoms with Gasteiger partial charge in [-0.05, 0) is 11.1 Å². The van der Waals surface area contributed by atoms with E-state index in [-0.39, 0.29) is 0 Å². The van der Waals surface area contributed by atoms with Gasteiger partial charge in [-0.15, -0.1) is 0 Å². The van der Waals surface area contributed by atoms with Crippen LogP contribution in [0.3, 0.4) is 0 Å². The summed E-state index contributed by atoms with van der Waals surface area (Å²) in [6.45, 7) is 0. The van der Waals surface area contributed by atoms with Gasteiger partial charge in [-0.25, -0.2) is 0 Å². The van der Waals surface area contributed by atoms with Gasteiger partial charge >= 0.3 is 0 Å². The highest BCUT2D eigenvalue weighted by Gasteiger charge is 2.07. The number of fused-ring (bicyclic) bond motifs is 1. The van der Waals surface area contributed by atoms with Crippen LogP contribution in [0.1, 0.15) is 11.1 Å². The minimum absolute atomic E-state index is 1.18. The summed E-state index contributed by atoms with van der Waals surface area (Å²) in [4.78, 5) is 0. The molecular formula is C8H8S2. The van der Waals surface area contributed by atoms with Crippen LogP contribution in [0.5, 0.6) is 0 Å². The number of rotatable bonds is 0. The van der Waals surface area contributed by atoms with Crippen LogP contribution < -0.4 is 0 Å². The van der Waals surface area contributed by atoms with Gasteiger partial charge in [-0.1, -0.05) is 45.9 Å². The third-order valence-electron chi connectivity index (χ3n) is 1.63. The van der Waals surface area contributed by atoms with Crippen LogP contribution in [0.2, 0.25) is 0 Å². The molecular weight excluding hydrogens is 160 g/mol. The van der Waals surface area contributed by atoms with Gasteiger partial charge in [-0.3, -0.25) is 0 Å². The van der Waals surface area contributed by atoms with E-state index in [1.807, 2.05) is 21.6 Å². The third-order valence-corrected chi connectivity index (χ3v) is 3.86. The topological polar surface area (TPSA) is 0 Å². The van der Waals surface area contributed by atoms with E-state index in [2.05, 4.69) is 24.3 Å². The standard InChI is InChI=1S/C8H8S2/c1-2-4-8-6-10-9-5-7(8)3-1/h1-4H,5-6H2. The fourth-order valence-electron chi connectivity index (χ4n) is 1.05. The highest BCUT2D eigenvalue weighted by molar-refractivity contribution is 8.76. The highest BCUT2D eigenvalue weighted by atomic mass is 33.1. The first kappa shape index (κ1) is 6.62. The highest BCUT2D eigenvalue weighted by Crippen LogP contribution is 2.36. The molecule has 0 saturated heterocycles. The maximum Gasteiger partial charge on any atom is 0.0291 e. The van der Waals surface area contributed by atoms with Crippen LogP contribution in [0, 0.1) is 0 Å². The van der Waals surface area contributed by atoms with Crippen molar-refractivity contribution in [2.45, 2.75) is 11.5 Å². The van der Waals surface area contributed by atoms with Crippen molar-refractivity contribution in [3.05, 3.63) is 35.4 Å². The molecule has 10 heavy (non-hydrogen) atoms. The Morgan fingerprint density at radius 3 is 1.90 bits per heavy atom. The second-order valence-electron chi connectivity index (χ2n) is 2.29. The molecule has 0 atom stereocenters. The number of hydrogen-bond donors (Lipinski definition) is 0. The molecule has 0 amide bonds. The van der Waals surface area contributed by atoms with Crippen LogP contribution >= 0.6 is 21.6 Å². The molecule has 0 spiro atoms. The van der Waals surface area contributed by atoms with Gasteiger partial charge in [0, 0.05) is 11.5 Å². The Hall–Kier alpha value is -0.0800. The van der Waals surface area contributed by atoms with E-state index in [4.69, 9.17) is 0 Å². The smallest absolute Gasteiger partial charge is 0.0291 e. The largest absolute Gasteiger partial charge is 0.0890 e. The van der Waals surface area contributed by atoms with E-state index in [0.717, 1.165) is 0 Å². The van der Waals surface area contributed by atoms with Crippen LogP contribution in [0.15, 0.2) is 24.3 Å². The Bertz CT molecular complexity index is 207. The fraction of sp³-hybridized carbons (Fsp3) is 0.250. The van der Waals surface area contributed by atoms with Crippen molar-refractivity contribution in [3.63, 3.8) is 0 Å². The first-order valence-corrected chi connectivity index (χ1v) is 5.77. The zero-order valence-corrected chi connectivity index (χ0v) is 7.17. The monoisotopic (exact) mass is 168 g/mol. The lowest BCUT2D eigenvalue weighted by Crippen LogP contribution is -1.92. The van der Waals surface area contributed by atoms with E-state index in [0.29, 0.717) is 0 Å². The molecule has 52 valence electrons. The lowest BCUT2D eigenvalue weighted by molar-refractivity contribution is 1.28. The molecule has 1 heterocycles. The first-order valence-electron chi connectivity index (χ1n) is 3.28. The second-order valence-corrected chi connectivity index (χ2v) is 4.76. The Morgan fingerprint density at radius 2 is 1.40 bits per heavy atom. The molecule has 0 aromatic heterocycles. The Labute approximate surface area is 68.8 Å². The Balaban J connectivity index is 2.41. The average molecular weight is 168 g/mol. The molecule has 0 unspecified atom stereocenters. The summed E-state index contributed by atoms with van der Waals surface area (Å²) in [5.41, 5.74) is 3.04. The minimum Gasteiger partial charge on any atom is -0.0890 e. The van der Waals surface area contributed by atoms with Crippen molar-refractivity contribution in [1.82, 2.24) is 0 Å². The van der Waals surface area contributed by atoms with Gasteiger partial charge in [0.1, 0.15) is 0 Å². The molecule has 2 heteroatoms. The van der Waals surface area contributed by atoms with Crippen molar-refractivity contribution in [3.8, 4) is 0 Å². The van der Waals surface area contributed by atoms with Gasteiger partial charge in [0.15, 0.2) is 0 Å². The molecule has 0 fully saturated rings. The van der Waals surface area contributed by atoms with Crippen molar-refractivity contribution >= 4 is 21.6 Å². The average Bonchev–Trinajstić information content (AvgIpc) is 2.05. The van der Waals surface area contributed by atoms with Gasteiger partial charge in [0.05, 0.1) is 0 Å². The summed E-state index contributed by atoms with van der Waals surface area (Å²) < 4.78 is 0. The van der Waals surface area contributed by atoms with Crippen molar-refractivity contribution in [2.24, 2.45) is 0 Å². The molecule has 0 aliphatic carbocycles. The van der Waals surface area contributed by atoms with Gasteiger partial charge < -0.3 is 0 Å². The normalized spacial score (nSPS) is 16.4. The van der Waals surface area contributed by atoms with Crippen LogP contribution in [-0.4, -0.2) is 0 Å². The van der Waals surface area contributed by atoms with Crippen LogP contribution in [-0.2, 0) is 11.5 Å². The van der Waals surface area contributed by atoms with Crippen LogP contribution in [0.4, 0.5) is 0 Å². The molecule has 0 saturated carbocycles. The van der Waals surface area contributed by atoms with E-state index >= 15 is 0 Å². The van der Waals surface area contributed by atoms with E-state index in [9.17, 15) is 0 Å². The van der Waals surface area contributed by atoms with Crippen molar-refractivity contribution < 1.29 is 0 Å². The summed E-state index contributed by atoms with van der Waals surface area (Å²) in [6.07, 6.45) is 0. The quantitative estimate of drug-likeness (QED) is 0.546. The lowest BCUT2D eigenvalue weighted by atomic mass is 10.1. The number of benzene rings is 1. The first-order chi connectivity index (χ1) is 4.97. The van der Waals surface area contributed by atoms with Crippen molar-refractivity contribution in [1.29, 1.82) is 0 Å². The Morgan fingerprint density at radius 1 is 0.900 bits per heavy atom. The summed E-state index contributed by atoms with van der Waals surface area (Å²) in [5, 5.41) is 0. The maximum absolute atomic E-state index is 2.22. The van der Waals surface area contributed by atoms with Crippen LogP contribution in [0.25, 0.3) is 0 Å². The van der Waals surface area contributed by atoms with E-state index in [1.165, 1.54) is 22.6 Å². The van der Waals surface area contributed by atoms with E-state index < -0.39 is 0 Å². The number of hydrogen-bond acceptors (Lipinski definition) is 2. The third kappa shape index (κ3) is 1.18. The summed E-state index contributed by atoms with van der Waals surface area (Å²) >= 11 is 0. The fourth-order valence-corrected chi connectivity index (χ4v) is 3.30. The van der Waals surface area contributed by atoms with E-state index in [1.54, 1.807) is 0 Å². The minimum atomic E-state index is 1.18. The summed E-state index contributed by atoms with van der Waals surface area (Å²) in [5.74, 6) is 2.36. The molecule has 1 aromatic rings. The second kappa shape index (κ2) is 2.89. The molecule has 0 nitrogen and oxygen atoms in total. The van der Waals surface area contributed by atoms with Gasteiger partial charge in [-0.2, -0.15) is 0 Å². The maximum atomic E-state index is 2.22. The summed E-state index contributed by atoms with van der Waals surface area (Å²) in [7, 11) is 3.91. The van der Waals surface area contributed by atoms with Gasteiger partial charge in [0.2, 0.25) is 0 Å².